The molecule has 1 aromatic carbocycles. The molecule has 0 N–H and O–H groups in total. The summed E-state index contributed by atoms with van der Waals surface area (Å²) in [5.74, 6) is 2.77. The third-order valence-electron chi connectivity index (χ3n) is 3.98. The van der Waals surface area contributed by atoms with Gasteiger partial charge in [-0.15, -0.1) is 11.3 Å². The Morgan fingerprint density at radius 1 is 1.46 bits per heavy atom. The second-order valence-electron chi connectivity index (χ2n) is 6.16. The van der Waals surface area contributed by atoms with Crippen molar-refractivity contribution in [1.29, 1.82) is 0 Å². The molecule has 1 fully saturated rings. The highest BCUT2D eigenvalue weighted by Crippen LogP contribution is 2.29. The molecule has 1 aliphatic heterocycles. The molecule has 7 heteroatoms. The van der Waals surface area contributed by atoms with Crippen molar-refractivity contribution in [3.8, 4) is 0 Å². The van der Waals surface area contributed by atoms with E-state index in [9.17, 15) is 9.00 Å². The van der Waals surface area contributed by atoms with E-state index in [0.717, 1.165) is 34.3 Å². The first kappa shape index (κ1) is 17.9. The summed E-state index contributed by atoms with van der Waals surface area (Å²) in [6.07, 6.45) is 1.42. The zero-order chi connectivity index (χ0) is 16.9. The lowest BCUT2D eigenvalue weighted by molar-refractivity contribution is -0.131. The standard InChI is InChI=1S/C17H22N2O2S3/c1-13-11-19(8-10-24(21)12-13)16(20)7-4-9-22-17-18-14-5-2-3-6-15(14)23-17/h2-3,5-6,13H,4,7-12H2,1H3. The summed E-state index contributed by atoms with van der Waals surface area (Å²) < 4.78 is 14.0. The van der Waals surface area contributed by atoms with Gasteiger partial charge in [0.15, 0.2) is 4.34 Å². The molecule has 0 spiro atoms. The molecule has 0 bridgehead atoms. The largest absolute Gasteiger partial charge is 0.341 e. The second-order valence-corrected chi connectivity index (χ2v) is 10.1. The zero-order valence-electron chi connectivity index (χ0n) is 13.8. The van der Waals surface area contributed by atoms with Crippen LogP contribution in [0.5, 0.6) is 0 Å². The Bertz CT molecular complexity index is 698. The first-order chi connectivity index (χ1) is 11.6. The molecule has 130 valence electrons. The number of carbonyl (C=O) groups is 1. The fourth-order valence-electron chi connectivity index (χ4n) is 2.81. The Balaban J connectivity index is 1.44. The summed E-state index contributed by atoms with van der Waals surface area (Å²) in [6, 6.07) is 8.15. The Labute approximate surface area is 153 Å². The van der Waals surface area contributed by atoms with Gasteiger partial charge in [-0.2, -0.15) is 0 Å². The van der Waals surface area contributed by atoms with Crippen LogP contribution in [0.15, 0.2) is 28.6 Å². The van der Waals surface area contributed by atoms with E-state index in [-0.39, 0.29) is 5.91 Å². The van der Waals surface area contributed by atoms with E-state index in [0.29, 0.717) is 24.6 Å². The van der Waals surface area contributed by atoms with Gasteiger partial charge in [0.2, 0.25) is 5.91 Å². The normalized spacial score (nSPS) is 21.8. The molecule has 1 amide bonds. The van der Waals surface area contributed by atoms with E-state index < -0.39 is 10.8 Å². The lowest BCUT2D eigenvalue weighted by atomic mass is 10.2. The third-order valence-corrected chi connectivity index (χ3v) is 7.82. The number of amides is 1. The van der Waals surface area contributed by atoms with Crippen molar-refractivity contribution in [2.24, 2.45) is 5.92 Å². The average Bonchev–Trinajstić information content (AvgIpc) is 2.89. The van der Waals surface area contributed by atoms with Crippen molar-refractivity contribution in [2.75, 3.05) is 30.3 Å². The van der Waals surface area contributed by atoms with Gasteiger partial charge >= 0.3 is 0 Å². The summed E-state index contributed by atoms with van der Waals surface area (Å²) in [6.45, 7) is 3.46. The van der Waals surface area contributed by atoms with Crippen molar-refractivity contribution in [3.63, 3.8) is 0 Å². The molecule has 3 rings (SSSR count). The lowest BCUT2D eigenvalue weighted by Gasteiger charge is -2.22. The van der Waals surface area contributed by atoms with E-state index in [1.165, 1.54) is 4.70 Å². The molecular weight excluding hydrogens is 360 g/mol. The number of aromatic nitrogens is 1. The van der Waals surface area contributed by atoms with Crippen LogP contribution in [-0.2, 0) is 15.6 Å². The maximum absolute atomic E-state index is 12.4. The first-order valence-corrected chi connectivity index (χ1v) is 11.5. The third kappa shape index (κ3) is 4.80. The highest BCUT2D eigenvalue weighted by molar-refractivity contribution is 8.01. The average molecular weight is 383 g/mol. The summed E-state index contributed by atoms with van der Waals surface area (Å²) in [5, 5.41) is 0. The van der Waals surface area contributed by atoms with Gasteiger partial charge in [0, 0.05) is 47.6 Å². The van der Waals surface area contributed by atoms with Crippen LogP contribution in [0.25, 0.3) is 10.2 Å². The Morgan fingerprint density at radius 2 is 2.29 bits per heavy atom. The minimum absolute atomic E-state index is 0.200. The molecular formula is C17H22N2O2S3. The maximum Gasteiger partial charge on any atom is 0.222 e. The van der Waals surface area contributed by atoms with E-state index in [4.69, 9.17) is 0 Å². The minimum atomic E-state index is -0.770. The molecule has 2 unspecified atom stereocenters. The van der Waals surface area contributed by atoms with Crippen LogP contribution in [0.3, 0.4) is 0 Å². The quantitative estimate of drug-likeness (QED) is 0.587. The van der Waals surface area contributed by atoms with Gasteiger partial charge in [-0.3, -0.25) is 9.00 Å². The highest BCUT2D eigenvalue weighted by atomic mass is 32.2. The van der Waals surface area contributed by atoms with Crippen molar-refractivity contribution in [1.82, 2.24) is 9.88 Å². The zero-order valence-corrected chi connectivity index (χ0v) is 16.2. The van der Waals surface area contributed by atoms with E-state index in [1.54, 1.807) is 23.1 Å². The molecule has 0 aliphatic carbocycles. The number of carbonyl (C=O) groups excluding carboxylic acids is 1. The number of benzene rings is 1. The molecule has 4 nitrogen and oxygen atoms in total. The number of hydrogen-bond donors (Lipinski definition) is 0. The molecule has 2 atom stereocenters. The fourth-order valence-corrected chi connectivity index (χ4v) is 6.22. The van der Waals surface area contributed by atoms with Crippen molar-refractivity contribution in [3.05, 3.63) is 24.3 Å². The van der Waals surface area contributed by atoms with Gasteiger partial charge in [0.05, 0.1) is 10.2 Å². The molecule has 24 heavy (non-hydrogen) atoms. The van der Waals surface area contributed by atoms with Gasteiger partial charge in [0.25, 0.3) is 0 Å². The predicted molar refractivity (Wildman–Crippen MR) is 103 cm³/mol. The van der Waals surface area contributed by atoms with Gasteiger partial charge in [-0.25, -0.2) is 4.98 Å². The van der Waals surface area contributed by atoms with Crippen molar-refractivity contribution in [2.45, 2.75) is 24.1 Å². The molecule has 2 heterocycles. The Morgan fingerprint density at radius 3 is 3.12 bits per heavy atom. The summed E-state index contributed by atoms with van der Waals surface area (Å²) >= 11 is 3.44. The van der Waals surface area contributed by atoms with Gasteiger partial charge in [-0.1, -0.05) is 30.8 Å². The molecule has 1 aromatic heterocycles. The fraction of sp³-hybridized carbons (Fsp3) is 0.529. The van der Waals surface area contributed by atoms with Crippen LogP contribution >= 0.6 is 23.1 Å². The van der Waals surface area contributed by atoms with Gasteiger partial charge < -0.3 is 4.90 Å². The number of hydrogen-bond acceptors (Lipinski definition) is 5. The number of rotatable bonds is 5. The monoisotopic (exact) mass is 382 g/mol. The molecule has 1 saturated heterocycles. The number of fused-ring (bicyclic) bond motifs is 1. The smallest absolute Gasteiger partial charge is 0.222 e. The Kier molecular flexibility index (Phi) is 6.30. The summed E-state index contributed by atoms with van der Waals surface area (Å²) in [5.41, 5.74) is 1.05. The first-order valence-electron chi connectivity index (χ1n) is 8.23. The molecule has 0 radical (unpaired) electrons. The number of thiazole rings is 1. The van der Waals surface area contributed by atoms with E-state index in [2.05, 4.69) is 18.0 Å². The van der Waals surface area contributed by atoms with E-state index in [1.807, 2.05) is 23.1 Å². The van der Waals surface area contributed by atoms with E-state index >= 15 is 0 Å². The second kappa shape index (κ2) is 8.45. The minimum Gasteiger partial charge on any atom is -0.341 e. The molecule has 2 aromatic rings. The number of para-hydroxylation sites is 1. The summed E-state index contributed by atoms with van der Waals surface area (Å²) in [4.78, 5) is 18.9. The van der Waals surface area contributed by atoms with Crippen LogP contribution in [0.2, 0.25) is 0 Å². The number of nitrogens with zero attached hydrogens (tertiary/aromatic N) is 2. The maximum atomic E-state index is 12.4. The SMILES string of the molecule is CC1CN(C(=O)CCCSc2nc3ccccc3s2)CCS(=O)C1. The van der Waals surface area contributed by atoms with Crippen molar-refractivity contribution < 1.29 is 9.00 Å². The Hall–Kier alpha value is -0.920. The van der Waals surface area contributed by atoms with Crippen LogP contribution in [0, 0.1) is 5.92 Å². The lowest BCUT2D eigenvalue weighted by Crippen LogP contribution is -2.35. The van der Waals surface area contributed by atoms with Crippen LogP contribution < -0.4 is 0 Å². The summed E-state index contributed by atoms with van der Waals surface area (Å²) in [7, 11) is -0.770. The molecule has 0 saturated carbocycles. The predicted octanol–water partition coefficient (Wildman–Crippen LogP) is 3.40. The van der Waals surface area contributed by atoms with Crippen LogP contribution in [0.1, 0.15) is 19.8 Å². The topological polar surface area (TPSA) is 50.3 Å². The highest BCUT2D eigenvalue weighted by Gasteiger charge is 2.22. The number of thioether (sulfide) groups is 1. The van der Waals surface area contributed by atoms with Crippen LogP contribution in [-0.4, -0.2) is 50.3 Å². The van der Waals surface area contributed by atoms with Crippen LogP contribution in [0.4, 0.5) is 0 Å². The van der Waals surface area contributed by atoms with Crippen molar-refractivity contribution >= 4 is 50.0 Å². The van der Waals surface area contributed by atoms with Gasteiger partial charge in [-0.05, 0) is 24.5 Å². The van der Waals surface area contributed by atoms with Gasteiger partial charge in [0.1, 0.15) is 0 Å². The molecule has 1 aliphatic rings.